The third-order valence-corrected chi connectivity index (χ3v) is 4.21. The fraction of sp³-hybridized carbons (Fsp3) is 0.125. The molecule has 1 heterocycles. The number of halogens is 3. The summed E-state index contributed by atoms with van der Waals surface area (Å²) < 4.78 is 12.9. The van der Waals surface area contributed by atoms with Gasteiger partial charge in [0, 0.05) is 16.1 Å². The van der Waals surface area contributed by atoms with Gasteiger partial charge in [-0.3, -0.25) is 9.59 Å². The number of nitrogens with one attached hydrogen (secondary N) is 1. The number of carbonyl (C=O) groups is 2. The Bertz CT molecular complexity index is 823. The fourth-order valence-electron chi connectivity index (χ4n) is 2.51. The molecule has 0 bridgehead atoms. The van der Waals surface area contributed by atoms with Crippen LogP contribution >= 0.6 is 23.2 Å². The molecule has 2 aromatic carbocycles. The van der Waals surface area contributed by atoms with Crippen molar-refractivity contribution < 1.29 is 19.1 Å². The maximum atomic E-state index is 12.9. The Morgan fingerprint density at radius 1 is 1.22 bits per heavy atom. The number of fused-ring (bicyclic) bond motifs is 1. The number of anilines is 1. The monoisotopic (exact) mass is 353 g/mol. The van der Waals surface area contributed by atoms with Crippen molar-refractivity contribution in [3.8, 4) is 0 Å². The summed E-state index contributed by atoms with van der Waals surface area (Å²) in [6.45, 7) is 0. The summed E-state index contributed by atoms with van der Waals surface area (Å²) in [7, 11) is 0. The fourth-order valence-corrected chi connectivity index (χ4v) is 3.05. The van der Waals surface area contributed by atoms with E-state index in [1.165, 1.54) is 24.3 Å². The summed E-state index contributed by atoms with van der Waals surface area (Å²) in [5.74, 6) is -1.75. The van der Waals surface area contributed by atoms with Crippen LogP contribution in [0.5, 0.6) is 0 Å². The van der Waals surface area contributed by atoms with Crippen LogP contribution in [-0.2, 0) is 10.4 Å². The topological polar surface area (TPSA) is 66.4 Å². The van der Waals surface area contributed by atoms with E-state index in [0.717, 1.165) is 12.1 Å². The molecular weight excluding hydrogens is 344 g/mol. The quantitative estimate of drug-likeness (QED) is 0.829. The molecule has 1 aliphatic heterocycles. The van der Waals surface area contributed by atoms with E-state index in [9.17, 15) is 19.1 Å². The number of amides is 1. The second-order valence-electron chi connectivity index (χ2n) is 5.23. The minimum absolute atomic E-state index is 0.149. The van der Waals surface area contributed by atoms with E-state index < -0.39 is 29.5 Å². The second-order valence-corrected chi connectivity index (χ2v) is 6.08. The van der Waals surface area contributed by atoms with Gasteiger partial charge in [-0.1, -0.05) is 23.2 Å². The Morgan fingerprint density at radius 3 is 2.52 bits per heavy atom. The van der Waals surface area contributed by atoms with Gasteiger partial charge < -0.3 is 10.4 Å². The Kier molecular flexibility index (Phi) is 3.88. The zero-order valence-electron chi connectivity index (χ0n) is 11.6. The van der Waals surface area contributed by atoms with Crippen LogP contribution in [0.2, 0.25) is 10.0 Å². The molecule has 0 saturated carbocycles. The molecule has 0 unspecified atom stereocenters. The predicted octanol–water partition coefficient (Wildman–Crippen LogP) is 3.55. The first-order chi connectivity index (χ1) is 10.8. The zero-order chi connectivity index (χ0) is 16.8. The van der Waals surface area contributed by atoms with Crippen molar-refractivity contribution in [3.63, 3.8) is 0 Å². The van der Waals surface area contributed by atoms with Gasteiger partial charge in [0.05, 0.1) is 17.1 Å². The zero-order valence-corrected chi connectivity index (χ0v) is 13.1. The molecular formula is C16H10Cl2FNO3. The molecule has 118 valence electrons. The Hall–Kier alpha value is -1.95. The van der Waals surface area contributed by atoms with E-state index in [0.29, 0.717) is 0 Å². The highest BCUT2D eigenvalue weighted by Gasteiger charge is 2.47. The van der Waals surface area contributed by atoms with Crippen LogP contribution in [0.3, 0.4) is 0 Å². The molecule has 0 fully saturated rings. The van der Waals surface area contributed by atoms with Crippen molar-refractivity contribution in [3.05, 3.63) is 63.4 Å². The molecule has 0 spiro atoms. The number of Topliss-reactive ketones (excluding diaryl/α,β-unsaturated/α-hetero) is 1. The summed E-state index contributed by atoms with van der Waals surface area (Å²) in [5.41, 5.74) is -1.50. The third-order valence-electron chi connectivity index (χ3n) is 3.70. The molecule has 4 nitrogen and oxygen atoms in total. The van der Waals surface area contributed by atoms with Gasteiger partial charge in [0.25, 0.3) is 5.91 Å². The Balaban J connectivity index is 1.98. The van der Waals surface area contributed by atoms with Crippen molar-refractivity contribution in [2.75, 3.05) is 5.32 Å². The lowest BCUT2D eigenvalue weighted by Crippen LogP contribution is -2.36. The summed E-state index contributed by atoms with van der Waals surface area (Å²) in [4.78, 5) is 24.5. The molecule has 0 aliphatic carbocycles. The first-order valence-electron chi connectivity index (χ1n) is 6.63. The Labute approximate surface area is 140 Å². The molecule has 2 N–H and O–H groups in total. The first kappa shape index (κ1) is 15.9. The molecule has 0 radical (unpaired) electrons. The standard InChI is InChI=1S/C16H10Cl2FNO3/c17-9-5-11-14(12(18)6-9)20-15(22)16(11,23)7-13(21)8-1-3-10(19)4-2-8/h1-6,23H,7H2,(H,20,22)/t16-/m1/s1. The van der Waals surface area contributed by atoms with Crippen LogP contribution in [0.1, 0.15) is 22.3 Å². The lowest BCUT2D eigenvalue weighted by molar-refractivity contribution is -0.133. The van der Waals surface area contributed by atoms with Gasteiger partial charge in [0.2, 0.25) is 0 Å². The second kappa shape index (κ2) is 5.60. The van der Waals surface area contributed by atoms with Crippen LogP contribution < -0.4 is 5.32 Å². The van der Waals surface area contributed by atoms with E-state index in [-0.39, 0.29) is 26.9 Å². The van der Waals surface area contributed by atoms with E-state index in [1.54, 1.807) is 0 Å². The van der Waals surface area contributed by atoms with Gasteiger partial charge in [-0.05, 0) is 36.4 Å². The van der Waals surface area contributed by atoms with Crippen LogP contribution in [0.4, 0.5) is 10.1 Å². The lowest BCUT2D eigenvalue weighted by atomic mass is 9.88. The van der Waals surface area contributed by atoms with Gasteiger partial charge in [0.15, 0.2) is 11.4 Å². The number of ketones is 1. The van der Waals surface area contributed by atoms with Crippen LogP contribution in [0, 0.1) is 5.82 Å². The van der Waals surface area contributed by atoms with E-state index >= 15 is 0 Å². The molecule has 7 heteroatoms. The van der Waals surface area contributed by atoms with E-state index in [4.69, 9.17) is 23.2 Å². The van der Waals surface area contributed by atoms with Crippen molar-refractivity contribution in [2.45, 2.75) is 12.0 Å². The first-order valence-corrected chi connectivity index (χ1v) is 7.39. The van der Waals surface area contributed by atoms with Crippen LogP contribution in [0.15, 0.2) is 36.4 Å². The molecule has 1 amide bonds. The number of hydrogen-bond acceptors (Lipinski definition) is 3. The number of carbonyl (C=O) groups excluding carboxylic acids is 2. The summed E-state index contributed by atoms with van der Waals surface area (Å²) in [6.07, 6.45) is -0.506. The third kappa shape index (κ3) is 2.72. The smallest absolute Gasteiger partial charge is 0.261 e. The highest BCUT2D eigenvalue weighted by Crippen LogP contribution is 2.44. The van der Waals surface area contributed by atoms with E-state index in [2.05, 4.69) is 5.32 Å². The molecule has 1 atom stereocenters. The number of hydrogen-bond donors (Lipinski definition) is 2. The van der Waals surface area contributed by atoms with Gasteiger partial charge in [-0.25, -0.2) is 4.39 Å². The molecule has 2 aromatic rings. The van der Waals surface area contributed by atoms with Gasteiger partial charge >= 0.3 is 0 Å². The van der Waals surface area contributed by atoms with Gasteiger partial charge in [-0.2, -0.15) is 0 Å². The van der Waals surface area contributed by atoms with Gasteiger partial charge in [0.1, 0.15) is 5.82 Å². The number of rotatable bonds is 3. The highest BCUT2D eigenvalue weighted by molar-refractivity contribution is 6.37. The summed E-state index contributed by atoms with van der Waals surface area (Å²) >= 11 is 11.9. The summed E-state index contributed by atoms with van der Waals surface area (Å²) in [5, 5.41) is 13.6. The van der Waals surface area contributed by atoms with Gasteiger partial charge in [-0.15, -0.1) is 0 Å². The minimum atomic E-state index is -2.07. The molecule has 0 aromatic heterocycles. The van der Waals surface area contributed by atoms with Crippen LogP contribution in [0.25, 0.3) is 0 Å². The maximum absolute atomic E-state index is 12.9. The average Bonchev–Trinajstić information content (AvgIpc) is 2.73. The summed E-state index contributed by atoms with van der Waals surface area (Å²) in [6, 6.07) is 7.66. The van der Waals surface area contributed by atoms with Crippen LogP contribution in [-0.4, -0.2) is 16.8 Å². The number of benzene rings is 2. The average molecular weight is 354 g/mol. The van der Waals surface area contributed by atoms with E-state index in [1.807, 2.05) is 0 Å². The minimum Gasteiger partial charge on any atom is -0.375 e. The molecule has 0 saturated heterocycles. The molecule has 23 heavy (non-hydrogen) atoms. The normalized spacial score (nSPS) is 19.4. The molecule has 3 rings (SSSR count). The van der Waals surface area contributed by atoms with Crippen molar-refractivity contribution in [2.24, 2.45) is 0 Å². The van der Waals surface area contributed by atoms with Crippen molar-refractivity contribution in [1.82, 2.24) is 0 Å². The lowest BCUT2D eigenvalue weighted by Gasteiger charge is -2.20. The van der Waals surface area contributed by atoms with Crippen molar-refractivity contribution >= 4 is 40.6 Å². The highest BCUT2D eigenvalue weighted by atomic mass is 35.5. The maximum Gasteiger partial charge on any atom is 0.261 e. The molecule has 1 aliphatic rings. The van der Waals surface area contributed by atoms with Crippen molar-refractivity contribution in [1.29, 1.82) is 0 Å². The SMILES string of the molecule is O=C(C[C@]1(O)C(=O)Nc2c(Cl)cc(Cl)cc21)c1ccc(F)cc1. The largest absolute Gasteiger partial charge is 0.375 e. The number of aliphatic hydroxyl groups is 1. The Morgan fingerprint density at radius 2 is 1.87 bits per heavy atom. The predicted molar refractivity (Wildman–Crippen MR) is 84.3 cm³/mol.